The highest BCUT2D eigenvalue weighted by Gasteiger charge is 2.19. The lowest BCUT2D eigenvalue weighted by molar-refractivity contribution is -0.140. The molecule has 0 N–H and O–H groups in total. The largest absolute Gasteiger partial charge is 0.457 e. The van der Waals surface area contributed by atoms with Gasteiger partial charge in [-0.05, 0) is 104 Å². The fourth-order valence-corrected chi connectivity index (χ4v) is 13.2. The van der Waals surface area contributed by atoms with Gasteiger partial charge in [0.05, 0.1) is 0 Å². The summed E-state index contributed by atoms with van der Waals surface area (Å²) < 4.78 is 5.44. The van der Waals surface area contributed by atoms with Crippen LogP contribution in [0.4, 0.5) is 0 Å². The third-order valence-electron chi connectivity index (χ3n) is 9.48. The maximum absolute atomic E-state index is 12.0. The third kappa shape index (κ3) is 11.0. The van der Waals surface area contributed by atoms with Crippen LogP contribution in [0.1, 0.15) is 114 Å². The van der Waals surface area contributed by atoms with Gasteiger partial charge < -0.3 is 4.74 Å². The van der Waals surface area contributed by atoms with Gasteiger partial charge in [0, 0.05) is 59.2 Å². The molecule has 6 rings (SSSR count). The van der Waals surface area contributed by atoms with Crippen molar-refractivity contribution in [2.75, 3.05) is 0 Å². The number of carbonyl (C=O) groups is 1. The molecule has 280 valence electrons. The van der Waals surface area contributed by atoms with Gasteiger partial charge in [0.1, 0.15) is 6.61 Å². The van der Waals surface area contributed by atoms with E-state index in [0.717, 1.165) is 17.7 Å². The van der Waals surface area contributed by atoms with Crippen molar-refractivity contribution in [2.24, 2.45) is 0 Å². The summed E-state index contributed by atoms with van der Waals surface area (Å²) in [7, 11) is 0. The summed E-state index contributed by atoms with van der Waals surface area (Å²) in [6.07, 6.45) is 18.0. The monoisotopic (exact) mass is 816 g/mol. The standard InChI is InChI=1S/C45H52O2S6/c1-5-7-9-11-13-15-18-32-28-41(35-20-17-27-48-35)52-43(32)39-25-23-36(50-39)37-24-26-40(51-37)44-33(19-16-14-12-10-8-6-2)29-42(53-44)38-22-21-34(49-38)30-47-45(46)31(3)4/h17,20-29H,3,5-16,18-19,30H2,1-2,4H3. The van der Waals surface area contributed by atoms with E-state index in [0.29, 0.717) is 5.57 Å². The number of thiophene rings is 6. The second-order valence-corrected chi connectivity index (χ2v) is 20.3. The van der Waals surface area contributed by atoms with Crippen molar-refractivity contribution in [3.63, 3.8) is 0 Å². The predicted octanol–water partition coefficient (Wildman–Crippen LogP) is 16.8. The van der Waals surface area contributed by atoms with Crippen LogP contribution in [0.2, 0.25) is 0 Å². The number of unbranched alkanes of at least 4 members (excludes halogenated alkanes) is 10. The van der Waals surface area contributed by atoms with Gasteiger partial charge in [0.25, 0.3) is 0 Å². The molecule has 53 heavy (non-hydrogen) atoms. The van der Waals surface area contributed by atoms with Crippen LogP contribution in [0.3, 0.4) is 0 Å². The van der Waals surface area contributed by atoms with Gasteiger partial charge in [-0.2, -0.15) is 0 Å². The minimum Gasteiger partial charge on any atom is -0.457 e. The van der Waals surface area contributed by atoms with Crippen LogP contribution in [-0.4, -0.2) is 5.97 Å². The lowest BCUT2D eigenvalue weighted by Gasteiger charge is -2.03. The molecule has 0 bridgehead atoms. The Bertz CT molecular complexity index is 2030. The molecule has 0 unspecified atom stereocenters. The first-order valence-corrected chi connectivity index (χ1v) is 24.3. The van der Waals surface area contributed by atoms with E-state index in [1.165, 1.54) is 137 Å². The van der Waals surface area contributed by atoms with Crippen LogP contribution in [0, 0.1) is 0 Å². The third-order valence-corrected chi connectivity index (χ3v) is 16.9. The first-order valence-electron chi connectivity index (χ1n) is 19.3. The van der Waals surface area contributed by atoms with Crippen LogP contribution in [0.25, 0.3) is 48.8 Å². The van der Waals surface area contributed by atoms with E-state index in [1.54, 1.807) is 18.3 Å². The fraction of sp³-hybridized carbons (Fsp3) is 0.400. The molecular formula is C45H52O2S6. The van der Waals surface area contributed by atoms with E-state index < -0.39 is 0 Å². The maximum Gasteiger partial charge on any atom is 0.333 e. The molecule has 0 aliphatic heterocycles. The molecule has 6 aromatic rings. The number of ether oxygens (including phenoxy) is 1. The molecule has 0 saturated heterocycles. The molecule has 0 aliphatic carbocycles. The Labute approximate surface area is 341 Å². The van der Waals surface area contributed by atoms with Gasteiger partial charge in [0.2, 0.25) is 0 Å². The quantitative estimate of drug-likeness (QED) is 0.0388. The number of hydrogen-bond donors (Lipinski definition) is 0. The van der Waals surface area contributed by atoms with Crippen LogP contribution >= 0.6 is 68.0 Å². The van der Waals surface area contributed by atoms with E-state index in [1.807, 2.05) is 56.7 Å². The summed E-state index contributed by atoms with van der Waals surface area (Å²) >= 11 is 11.3. The van der Waals surface area contributed by atoms with Gasteiger partial charge in [-0.3, -0.25) is 0 Å². The molecule has 2 nitrogen and oxygen atoms in total. The molecule has 0 atom stereocenters. The highest BCUT2D eigenvalue weighted by atomic mass is 32.1. The summed E-state index contributed by atoms with van der Waals surface area (Å²) in [5.41, 5.74) is 3.41. The predicted molar refractivity (Wildman–Crippen MR) is 240 cm³/mol. The Morgan fingerprint density at radius 3 is 1.58 bits per heavy atom. The number of rotatable bonds is 22. The van der Waals surface area contributed by atoms with Crippen molar-refractivity contribution in [2.45, 2.75) is 117 Å². The fourth-order valence-electron chi connectivity index (χ4n) is 6.53. The van der Waals surface area contributed by atoms with Gasteiger partial charge in [-0.25, -0.2) is 4.79 Å². The molecule has 0 aromatic carbocycles. The summed E-state index contributed by atoms with van der Waals surface area (Å²) in [5.74, 6) is -0.335. The Hall–Kier alpha value is -2.59. The minimum atomic E-state index is -0.335. The van der Waals surface area contributed by atoms with Crippen molar-refractivity contribution in [3.8, 4) is 48.8 Å². The molecule has 8 heteroatoms. The molecule has 0 fully saturated rings. The molecule has 0 saturated carbocycles. The Balaban J connectivity index is 1.21. The molecule has 6 aromatic heterocycles. The highest BCUT2D eigenvalue weighted by molar-refractivity contribution is 7.30. The van der Waals surface area contributed by atoms with Crippen molar-refractivity contribution in [3.05, 3.63) is 94.2 Å². The summed E-state index contributed by atoms with van der Waals surface area (Å²) in [4.78, 5) is 26.7. The Kier molecular flexibility index (Phi) is 15.4. The van der Waals surface area contributed by atoms with Gasteiger partial charge in [-0.15, -0.1) is 68.0 Å². The maximum atomic E-state index is 12.0. The van der Waals surface area contributed by atoms with Crippen LogP contribution in [-0.2, 0) is 29.0 Å². The van der Waals surface area contributed by atoms with Crippen molar-refractivity contribution in [1.82, 2.24) is 0 Å². The van der Waals surface area contributed by atoms with Crippen molar-refractivity contribution >= 4 is 74.0 Å². The lowest BCUT2D eigenvalue weighted by Crippen LogP contribution is -2.03. The average molecular weight is 817 g/mol. The van der Waals surface area contributed by atoms with Crippen LogP contribution in [0.5, 0.6) is 0 Å². The summed E-state index contributed by atoms with van der Waals surface area (Å²) in [5, 5.41) is 2.19. The minimum absolute atomic E-state index is 0.289. The summed E-state index contributed by atoms with van der Waals surface area (Å²) in [6, 6.07) is 23.0. The first-order chi connectivity index (χ1) is 25.9. The molecule has 0 radical (unpaired) electrons. The second kappa shape index (κ2) is 20.4. The normalized spacial score (nSPS) is 11.5. The van der Waals surface area contributed by atoms with Crippen molar-refractivity contribution in [1.29, 1.82) is 0 Å². The van der Waals surface area contributed by atoms with Crippen LogP contribution in [0.15, 0.2) is 78.2 Å². The number of aryl methyl sites for hydroxylation is 2. The Morgan fingerprint density at radius 2 is 1.06 bits per heavy atom. The zero-order chi connectivity index (χ0) is 37.0. The van der Waals surface area contributed by atoms with E-state index >= 15 is 0 Å². The van der Waals surface area contributed by atoms with Gasteiger partial charge >= 0.3 is 5.97 Å². The van der Waals surface area contributed by atoms with Crippen molar-refractivity contribution < 1.29 is 9.53 Å². The van der Waals surface area contributed by atoms with E-state index in [9.17, 15) is 4.79 Å². The molecule has 0 spiro atoms. The summed E-state index contributed by atoms with van der Waals surface area (Å²) in [6.45, 7) is 10.3. The highest BCUT2D eigenvalue weighted by Crippen LogP contribution is 2.48. The zero-order valence-electron chi connectivity index (χ0n) is 31.4. The van der Waals surface area contributed by atoms with E-state index in [2.05, 4.69) is 86.5 Å². The average Bonchev–Trinajstić information content (AvgIpc) is 4.01. The molecule has 0 amide bonds. The SMILES string of the molecule is C=C(C)C(=O)OCc1ccc(-c2cc(CCCCCCCC)c(-c3ccc(-c4ccc(-c5sc(-c6cccs6)cc5CCCCCCCC)s4)s3)s2)s1. The second-order valence-electron chi connectivity index (χ2n) is 13.9. The molecule has 0 aliphatic rings. The van der Waals surface area contributed by atoms with Gasteiger partial charge in [0.15, 0.2) is 0 Å². The smallest absolute Gasteiger partial charge is 0.333 e. The lowest BCUT2D eigenvalue weighted by atomic mass is 10.0. The number of esters is 1. The molecule has 6 heterocycles. The first kappa shape index (κ1) is 40.1. The van der Waals surface area contributed by atoms with Crippen LogP contribution < -0.4 is 0 Å². The Morgan fingerprint density at radius 1 is 0.566 bits per heavy atom. The zero-order valence-corrected chi connectivity index (χ0v) is 36.3. The van der Waals surface area contributed by atoms with E-state index in [4.69, 9.17) is 4.74 Å². The number of hydrogen-bond acceptors (Lipinski definition) is 8. The topological polar surface area (TPSA) is 26.3 Å². The van der Waals surface area contributed by atoms with Gasteiger partial charge in [-0.1, -0.05) is 90.7 Å². The molecular weight excluding hydrogens is 765 g/mol. The number of carbonyl (C=O) groups excluding carboxylic acids is 1. The van der Waals surface area contributed by atoms with E-state index in [-0.39, 0.29) is 12.6 Å².